The first kappa shape index (κ1) is 11.1. The molecule has 0 spiro atoms. The van der Waals surface area contributed by atoms with E-state index in [0.29, 0.717) is 0 Å². The van der Waals surface area contributed by atoms with Crippen molar-refractivity contribution >= 4 is 5.69 Å². The van der Waals surface area contributed by atoms with E-state index >= 15 is 0 Å². The maximum atomic E-state index is 5.66. The highest BCUT2D eigenvalue weighted by atomic mass is 16.5. The van der Waals surface area contributed by atoms with E-state index in [9.17, 15) is 0 Å². The van der Waals surface area contributed by atoms with E-state index in [1.807, 2.05) is 12.1 Å². The van der Waals surface area contributed by atoms with Crippen LogP contribution in [0.25, 0.3) is 0 Å². The standard InChI is InChI=1S/C16H17NO/c1-2-6-14(7-3-1)10-11-17-12-13-18-16-9-5-4-8-15(16)17/h1-9H,10-13H2. The normalized spacial score (nSPS) is 13.9. The first-order valence-corrected chi connectivity index (χ1v) is 6.44. The van der Waals surface area contributed by atoms with Gasteiger partial charge in [-0.3, -0.25) is 0 Å². The minimum atomic E-state index is 0.784. The molecule has 0 N–H and O–H groups in total. The van der Waals surface area contributed by atoms with Gasteiger partial charge in [0.05, 0.1) is 12.2 Å². The zero-order chi connectivity index (χ0) is 12.2. The Balaban J connectivity index is 1.71. The summed E-state index contributed by atoms with van der Waals surface area (Å²) < 4.78 is 5.66. The number of hydrogen-bond donors (Lipinski definition) is 0. The Bertz CT molecular complexity index is 510. The molecule has 0 aliphatic carbocycles. The van der Waals surface area contributed by atoms with Crippen LogP contribution >= 0.6 is 0 Å². The van der Waals surface area contributed by atoms with E-state index in [4.69, 9.17) is 4.74 Å². The Labute approximate surface area is 108 Å². The summed E-state index contributed by atoms with van der Waals surface area (Å²) in [5, 5.41) is 0. The number of rotatable bonds is 3. The Kier molecular flexibility index (Phi) is 3.18. The van der Waals surface area contributed by atoms with Gasteiger partial charge < -0.3 is 9.64 Å². The summed E-state index contributed by atoms with van der Waals surface area (Å²) in [5.74, 6) is 1.01. The minimum absolute atomic E-state index is 0.784. The van der Waals surface area contributed by atoms with Crippen molar-refractivity contribution in [1.82, 2.24) is 0 Å². The first-order valence-electron chi connectivity index (χ1n) is 6.44. The second kappa shape index (κ2) is 5.13. The maximum absolute atomic E-state index is 5.66. The zero-order valence-electron chi connectivity index (χ0n) is 10.4. The lowest BCUT2D eigenvalue weighted by atomic mass is 10.1. The van der Waals surface area contributed by atoms with Gasteiger partial charge in [-0.05, 0) is 24.1 Å². The molecule has 0 fully saturated rings. The maximum Gasteiger partial charge on any atom is 0.142 e. The third kappa shape index (κ3) is 2.33. The number of anilines is 1. The third-order valence-corrected chi connectivity index (χ3v) is 3.34. The molecule has 18 heavy (non-hydrogen) atoms. The molecule has 2 nitrogen and oxygen atoms in total. The van der Waals surface area contributed by atoms with Crippen LogP contribution in [0.15, 0.2) is 54.6 Å². The second-order valence-electron chi connectivity index (χ2n) is 4.54. The van der Waals surface area contributed by atoms with Gasteiger partial charge in [0.1, 0.15) is 12.4 Å². The predicted molar refractivity (Wildman–Crippen MR) is 74.3 cm³/mol. The quantitative estimate of drug-likeness (QED) is 0.816. The zero-order valence-corrected chi connectivity index (χ0v) is 10.4. The lowest BCUT2D eigenvalue weighted by Gasteiger charge is -2.31. The summed E-state index contributed by atoms with van der Waals surface area (Å²) in [4.78, 5) is 2.41. The largest absolute Gasteiger partial charge is 0.490 e. The number of fused-ring (bicyclic) bond motifs is 1. The van der Waals surface area contributed by atoms with E-state index < -0.39 is 0 Å². The van der Waals surface area contributed by atoms with E-state index in [-0.39, 0.29) is 0 Å². The van der Waals surface area contributed by atoms with Gasteiger partial charge in [-0.15, -0.1) is 0 Å². The van der Waals surface area contributed by atoms with Crippen molar-refractivity contribution in [3.8, 4) is 5.75 Å². The monoisotopic (exact) mass is 239 g/mol. The van der Waals surface area contributed by atoms with Gasteiger partial charge in [-0.1, -0.05) is 42.5 Å². The molecule has 0 aromatic heterocycles. The van der Waals surface area contributed by atoms with Gasteiger partial charge in [0.15, 0.2) is 0 Å². The van der Waals surface area contributed by atoms with Crippen LogP contribution in [0.2, 0.25) is 0 Å². The molecular weight excluding hydrogens is 222 g/mol. The molecule has 0 saturated heterocycles. The van der Waals surface area contributed by atoms with Crippen molar-refractivity contribution < 1.29 is 4.74 Å². The molecule has 2 aromatic rings. The van der Waals surface area contributed by atoms with Crippen molar-refractivity contribution in [3.05, 3.63) is 60.2 Å². The van der Waals surface area contributed by atoms with E-state index in [1.54, 1.807) is 0 Å². The molecule has 0 radical (unpaired) electrons. The van der Waals surface area contributed by atoms with Crippen molar-refractivity contribution in [2.45, 2.75) is 6.42 Å². The number of nitrogens with zero attached hydrogens (tertiary/aromatic N) is 1. The molecule has 0 saturated carbocycles. The van der Waals surface area contributed by atoms with Crippen molar-refractivity contribution in [3.63, 3.8) is 0 Å². The summed E-state index contributed by atoms with van der Waals surface area (Å²) in [7, 11) is 0. The van der Waals surface area contributed by atoms with Gasteiger partial charge in [-0.25, -0.2) is 0 Å². The summed E-state index contributed by atoms with van der Waals surface area (Å²) >= 11 is 0. The Morgan fingerprint density at radius 2 is 1.72 bits per heavy atom. The first-order chi connectivity index (χ1) is 8.93. The molecule has 3 rings (SSSR count). The highest BCUT2D eigenvalue weighted by Crippen LogP contribution is 2.30. The van der Waals surface area contributed by atoms with Crippen LogP contribution in [-0.2, 0) is 6.42 Å². The van der Waals surface area contributed by atoms with Crippen molar-refractivity contribution in [1.29, 1.82) is 0 Å². The average Bonchev–Trinajstić information content (AvgIpc) is 2.46. The lowest BCUT2D eigenvalue weighted by molar-refractivity contribution is 0.307. The van der Waals surface area contributed by atoms with Crippen LogP contribution in [-0.4, -0.2) is 19.7 Å². The van der Waals surface area contributed by atoms with E-state index in [2.05, 4.69) is 47.4 Å². The van der Waals surface area contributed by atoms with Gasteiger partial charge in [0.2, 0.25) is 0 Å². The number of hydrogen-bond acceptors (Lipinski definition) is 2. The lowest BCUT2D eigenvalue weighted by Crippen LogP contribution is -2.34. The van der Waals surface area contributed by atoms with Gasteiger partial charge >= 0.3 is 0 Å². The summed E-state index contributed by atoms with van der Waals surface area (Å²) in [5.41, 5.74) is 2.61. The van der Waals surface area contributed by atoms with Crippen LogP contribution in [0, 0.1) is 0 Å². The molecule has 0 unspecified atom stereocenters. The molecule has 2 heteroatoms. The molecule has 1 heterocycles. The van der Waals surface area contributed by atoms with Crippen LogP contribution in [0.1, 0.15) is 5.56 Å². The average molecular weight is 239 g/mol. The molecule has 0 atom stereocenters. The molecule has 1 aliphatic heterocycles. The SMILES string of the molecule is c1ccc(CCN2CCOc3ccccc32)cc1. The molecule has 0 amide bonds. The third-order valence-electron chi connectivity index (χ3n) is 3.34. The molecule has 92 valence electrons. The fourth-order valence-corrected chi connectivity index (χ4v) is 2.37. The predicted octanol–water partition coefficient (Wildman–Crippen LogP) is 3.13. The van der Waals surface area contributed by atoms with Crippen LogP contribution < -0.4 is 9.64 Å². The highest BCUT2D eigenvalue weighted by molar-refractivity contribution is 5.59. The van der Waals surface area contributed by atoms with Crippen LogP contribution in [0.4, 0.5) is 5.69 Å². The van der Waals surface area contributed by atoms with Gasteiger partial charge in [-0.2, -0.15) is 0 Å². The Morgan fingerprint density at radius 3 is 2.61 bits per heavy atom. The number of ether oxygens (including phenoxy) is 1. The Morgan fingerprint density at radius 1 is 0.944 bits per heavy atom. The molecule has 1 aliphatic rings. The van der Waals surface area contributed by atoms with E-state index in [0.717, 1.165) is 31.9 Å². The molecular formula is C16H17NO. The van der Waals surface area contributed by atoms with Crippen LogP contribution in [0.3, 0.4) is 0 Å². The van der Waals surface area contributed by atoms with Crippen molar-refractivity contribution in [2.24, 2.45) is 0 Å². The van der Waals surface area contributed by atoms with Gasteiger partial charge in [0, 0.05) is 6.54 Å². The van der Waals surface area contributed by atoms with Gasteiger partial charge in [0.25, 0.3) is 0 Å². The van der Waals surface area contributed by atoms with E-state index in [1.165, 1.54) is 11.3 Å². The highest BCUT2D eigenvalue weighted by Gasteiger charge is 2.16. The smallest absolute Gasteiger partial charge is 0.142 e. The summed E-state index contributed by atoms with van der Waals surface area (Å²) in [6, 6.07) is 18.9. The van der Waals surface area contributed by atoms with Crippen LogP contribution in [0.5, 0.6) is 5.75 Å². The van der Waals surface area contributed by atoms with Crippen molar-refractivity contribution in [2.75, 3.05) is 24.6 Å². The number of para-hydroxylation sites is 2. The minimum Gasteiger partial charge on any atom is -0.490 e. The topological polar surface area (TPSA) is 12.5 Å². The Hall–Kier alpha value is -1.96. The second-order valence-corrected chi connectivity index (χ2v) is 4.54. The molecule has 0 bridgehead atoms. The molecule has 2 aromatic carbocycles. The summed E-state index contributed by atoms with van der Waals surface area (Å²) in [6.07, 6.45) is 1.08. The summed E-state index contributed by atoms with van der Waals surface area (Å²) in [6.45, 7) is 2.81. The number of benzene rings is 2. The fraction of sp³-hybridized carbons (Fsp3) is 0.250. The fourth-order valence-electron chi connectivity index (χ4n) is 2.37.